The fraction of sp³-hybridized carbons (Fsp3) is 0.643. The molecule has 118 valence electrons. The minimum Gasteiger partial charge on any atom is -0.828 e. The third-order valence-electron chi connectivity index (χ3n) is 3.83. The number of hydrogen-bond donors (Lipinski definition) is 4. The maximum absolute atomic E-state index is 9.28. The zero-order valence-electron chi connectivity index (χ0n) is 12.0. The van der Waals surface area contributed by atoms with Crippen LogP contribution in [0.1, 0.15) is 24.3 Å². The first-order valence-electron chi connectivity index (χ1n) is 7.13. The number of nitrogens with one attached hydrogen (secondary N) is 1. The van der Waals surface area contributed by atoms with Gasteiger partial charge >= 0.3 is 0 Å². The average molecular weight is 298 g/mol. The summed E-state index contributed by atoms with van der Waals surface area (Å²) in [6, 6.07) is 2.01. The van der Waals surface area contributed by atoms with E-state index in [9.17, 15) is 5.11 Å². The molecule has 7 nitrogen and oxygen atoms in total. The SMILES string of the molecule is Cc1cc(/C=C2/C[NH+]3CCCC2C3)on1.[O-]C(O)C(O)O. The number of hydrogen-bond acceptors (Lipinski definition) is 6. The summed E-state index contributed by atoms with van der Waals surface area (Å²) in [5, 5.41) is 36.0. The van der Waals surface area contributed by atoms with Gasteiger partial charge in [0.15, 0.2) is 12.1 Å². The lowest BCUT2D eigenvalue weighted by atomic mass is 9.96. The molecule has 3 heterocycles. The molecular formula is C14H22N2O5. The molecule has 4 N–H and O–H groups in total. The second-order valence-corrected chi connectivity index (χ2v) is 5.61. The summed E-state index contributed by atoms with van der Waals surface area (Å²) >= 11 is 0. The van der Waals surface area contributed by atoms with Crippen LogP contribution in [0.2, 0.25) is 0 Å². The highest BCUT2D eigenvalue weighted by Gasteiger charge is 2.34. The van der Waals surface area contributed by atoms with Crippen molar-refractivity contribution in [1.29, 1.82) is 0 Å². The van der Waals surface area contributed by atoms with Crippen molar-refractivity contribution in [3.8, 4) is 0 Å². The minimum absolute atomic E-state index is 0.805. The fourth-order valence-electron chi connectivity index (χ4n) is 2.86. The Morgan fingerprint density at radius 1 is 1.48 bits per heavy atom. The van der Waals surface area contributed by atoms with Crippen molar-refractivity contribution in [2.75, 3.05) is 19.6 Å². The first-order chi connectivity index (χ1) is 9.95. The van der Waals surface area contributed by atoms with E-state index in [1.54, 1.807) is 10.5 Å². The Balaban J connectivity index is 0.000000232. The predicted octanol–water partition coefficient (Wildman–Crippen LogP) is -2.35. The van der Waals surface area contributed by atoms with Crippen LogP contribution in [0, 0.1) is 12.8 Å². The highest BCUT2D eigenvalue weighted by Crippen LogP contribution is 2.23. The van der Waals surface area contributed by atoms with Crippen molar-refractivity contribution in [3.05, 3.63) is 23.1 Å². The quantitative estimate of drug-likeness (QED) is 0.455. The van der Waals surface area contributed by atoms with Crippen LogP contribution in [0.3, 0.4) is 0 Å². The van der Waals surface area contributed by atoms with Crippen LogP contribution in [0.5, 0.6) is 0 Å². The van der Waals surface area contributed by atoms with E-state index >= 15 is 0 Å². The van der Waals surface area contributed by atoms with Gasteiger partial charge in [-0.3, -0.25) is 0 Å². The summed E-state index contributed by atoms with van der Waals surface area (Å²) in [7, 11) is 0. The molecule has 0 aliphatic carbocycles. The molecule has 0 radical (unpaired) electrons. The number of aromatic nitrogens is 1. The fourth-order valence-corrected chi connectivity index (χ4v) is 2.86. The van der Waals surface area contributed by atoms with Gasteiger partial charge in [-0.25, -0.2) is 0 Å². The monoisotopic (exact) mass is 298 g/mol. The van der Waals surface area contributed by atoms with Gasteiger partial charge in [0, 0.05) is 18.3 Å². The molecule has 0 saturated carbocycles. The number of fused-ring (bicyclic) bond motifs is 2. The number of rotatable bonds is 2. The molecule has 2 aliphatic rings. The van der Waals surface area contributed by atoms with Crippen LogP contribution in [-0.4, -0.2) is 52.7 Å². The summed E-state index contributed by atoms with van der Waals surface area (Å²) in [5.41, 5.74) is 2.54. The standard InChI is InChI=1S/C12H16N2O.C2H5O4/c1-9-5-12(15-13-9)6-11-8-14-4-2-3-10(11)7-14;3-1(4)2(5)6/h5-6,10H,2-4,7-8H2,1H3;1-5H/q;-1/p+1/b11-6-;. The zero-order chi connectivity index (χ0) is 15.4. The molecule has 7 heteroatoms. The molecule has 2 fully saturated rings. The highest BCUT2D eigenvalue weighted by atomic mass is 16.6. The van der Waals surface area contributed by atoms with E-state index < -0.39 is 12.6 Å². The van der Waals surface area contributed by atoms with Gasteiger partial charge in [0.1, 0.15) is 0 Å². The predicted molar refractivity (Wildman–Crippen MR) is 71.7 cm³/mol. The molecular weight excluding hydrogens is 276 g/mol. The van der Waals surface area contributed by atoms with E-state index in [0.29, 0.717) is 0 Å². The van der Waals surface area contributed by atoms with Crippen LogP contribution < -0.4 is 10.0 Å². The van der Waals surface area contributed by atoms with Gasteiger partial charge in [-0.1, -0.05) is 5.16 Å². The van der Waals surface area contributed by atoms with E-state index in [4.69, 9.17) is 19.8 Å². The van der Waals surface area contributed by atoms with Crippen molar-refractivity contribution < 1.29 is 29.8 Å². The summed E-state index contributed by atoms with van der Waals surface area (Å²) < 4.78 is 5.24. The van der Waals surface area contributed by atoms with Gasteiger partial charge in [-0.2, -0.15) is 0 Å². The topological polar surface area (TPSA) is 114 Å². The van der Waals surface area contributed by atoms with Gasteiger partial charge in [-0.15, -0.1) is 0 Å². The van der Waals surface area contributed by atoms with Gasteiger partial charge in [0.2, 0.25) is 0 Å². The Morgan fingerprint density at radius 2 is 2.19 bits per heavy atom. The van der Waals surface area contributed by atoms with Gasteiger partial charge in [0.05, 0.1) is 25.3 Å². The van der Waals surface area contributed by atoms with Gasteiger partial charge < -0.3 is 29.8 Å². The second-order valence-electron chi connectivity index (χ2n) is 5.61. The van der Waals surface area contributed by atoms with E-state index in [1.165, 1.54) is 32.5 Å². The zero-order valence-corrected chi connectivity index (χ0v) is 12.0. The normalized spacial score (nSPS) is 27.6. The van der Waals surface area contributed by atoms with E-state index in [0.717, 1.165) is 17.4 Å². The molecule has 3 atom stereocenters. The molecule has 2 aliphatic heterocycles. The summed E-state index contributed by atoms with van der Waals surface area (Å²) in [6.07, 6.45) is 0.521. The molecule has 21 heavy (non-hydrogen) atoms. The number of nitrogens with zero attached hydrogens (tertiary/aromatic N) is 1. The lowest BCUT2D eigenvalue weighted by molar-refractivity contribution is -0.890. The summed E-state index contributed by atoms with van der Waals surface area (Å²) in [6.45, 7) is 5.86. The third kappa shape index (κ3) is 4.62. The number of quaternary nitrogens is 1. The van der Waals surface area contributed by atoms with Crippen molar-refractivity contribution in [2.45, 2.75) is 32.3 Å². The molecule has 3 unspecified atom stereocenters. The van der Waals surface area contributed by atoms with E-state index in [-0.39, 0.29) is 0 Å². The smallest absolute Gasteiger partial charge is 0.162 e. The van der Waals surface area contributed by atoms with Crippen LogP contribution in [0.4, 0.5) is 0 Å². The molecule has 0 spiro atoms. The van der Waals surface area contributed by atoms with Crippen molar-refractivity contribution >= 4 is 6.08 Å². The lowest BCUT2D eigenvalue weighted by Crippen LogP contribution is -3.10. The average Bonchev–Trinajstić information content (AvgIpc) is 2.95. The van der Waals surface area contributed by atoms with Crippen molar-refractivity contribution in [2.24, 2.45) is 5.92 Å². The number of piperidine rings is 1. The van der Waals surface area contributed by atoms with E-state index in [2.05, 4.69) is 11.2 Å². The first kappa shape index (κ1) is 16.1. The van der Waals surface area contributed by atoms with Crippen molar-refractivity contribution in [3.63, 3.8) is 0 Å². The maximum atomic E-state index is 9.28. The van der Waals surface area contributed by atoms with E-state index in [1.807, 2.05) is 13.0 Å². The molecule has 2 bridgehead atoms. The third-order valence-corrected chi connectivity index (χ3v) is 3.83. The van der Waals surface area contributed by atoms with Crippen molar-refractivity contribution in [1.82, 2.24) is 5.16 Å². The lowest BCUT2D eigenvalue weighted by Gasteiger charge is -2.17. The number of aryl methyl sites for hydroxylation is 1. The molecule has 0 amide bonds. The van der Waals surface area contributed by atoms with Gasteiger partial charge in [0.25, 0.3) is 0 Å². The minimum atomic E-state index is -2.29. The molecule has 3 rings (SSSR count). The van der Waals surface area contributed by atoms with Gasteiger partial charge in [-0.05, 0) is 31.4 Å². The Hall–Kier alpha value is -1.25. The highest BCUT2D eigenvalue weighted by molar-refractivity contribution is 5.49. The Morgan fingerprint density at radius 3 is 2.71 bits per heavy atom. The van der Waals surface area contributed by atoms with Crippen LogP contribution >= 0.6 is 0 Å². The summed E-state index contributed by atoms with van der Waals surface area (Å²) in [5.74, 6) is 1.73. The first-order valence-corrected chi connectivity index (χ1v) is 7.13. The molecule has 1 aromatic heterocycles. The Bertz CT molecular complexity index is 477. The van der Waals surface area contributed by atoms with Crippen LogP contribution in [-0.2, 0) is 0 Å². The van der Waals surface area contributed by atoms with Crippen LogP contribution in [0.15, 0.2) is 16.2 Å². The largest absolute Gasteiger partial charge is 0.828 e. The molecule has 2 saturated heterocycles. The second kappa shape index (κ2) is 7.15. The Kier molecular flexibility index (Phi) is 5.49. The summed E-state index contributed by atoms with van der Waals surface area (Å²) in [4.78, 5) is 1.74. The maximum Gasteiger partial charge on any atom is 0.162 e. The van der Waals surface area contributed by atoms with Crippen LogP contribution in [0.25, 0.3) is 6.08 Å². The number of aliphatic hydroxyl groups is 3. The molecule has 0 aromatic carbocycles. The Labute approximate surface area is 123 Å². The number of aliphatic hydroxyl groups excluding tert-OH is 2. The molecule has 1 aromatic rings.